The van der Waals surface area contributed by atoms with Gasteiger partial charge in [0, 0.05) is 0 Å². The van der Waals surface area contributed by atoms with Crippen molar-refractivity contribution in [3.05, 3.63) is 155 Å². The second kappa shape index (κ2) is 8.39. The van der Waals surface area contributed by atoms with Gasteiger partial charge in [0.05, 0.1) is 0 Å². The first kappa shape index (κ1) is 18.4. The predicted molar refractivity (Wildman–Crippen MR) is 127 cm³/mol. The molecule has 144 valence electrons. The molecule has 4 aromatic rings. The van der Waals surface area contributed by atoms with E-state index in [1.54, 1.807) is 0 Å². The van der Waals surface area contributed by atoms with Crippen LogP contribution in [0.2, 0.25) is 0 Å². The highest BCUT2D eigenvalue weighted by atomic mass is 14.3. The van der Waals surface area contributed by atoms with Crippen molar-refractivity contribution in [2.75, 3.05) is 0 Å². The fourth-order valence-corrected chi connectivity index (χ4v) is 4.38. The van der Waals surface area contributed by atoms with E-state index >= 15 is 0 Å². The van der Waals surface area contributed by atoms with Crippen LogP contribution in [-0.2, 0) is 0 Å². The summed E-state index contributed by atoms with van der Waals surface area (Å²) in [5.41, 5.74) is 10.8. The molecule has 0 N–H and O–H groups in total. The molecule has 1 saturated carbocycles. The van der Waals surface area contributed by atoms with Crippen molar-refractivity contribution in [1.82, 2.24) is 0 Å². The average molecular weight is 385 g/mol. The molecule has 30 heavy (non-hydrogen) atoms. The van der Waals surface area contributed by atoms with Gasteiger partial charge in [0.2, 0.25) is 0 Å². The van der Waals surface area contributed by atoms with Gasteiger partial charge in [-0.2, -0.15) is 0 Å². The van der Waals surface area contributed by atoms with Gasteiger partial charge in [0.25, 0.3) is 0 Å². The second-order valence-electron chi connectivity index (χ2n) is 7.67. The number of allylic oxidation sites excluding steroid dienone is 2. The van der Waals surface area contributed by atoms with Crippen molar-refractivity contribution in [1.29, 1.82) is 0 Å². The molecular formula is C30H24. The molecule has 5 rings (SSSR count). The highest BCUT2D eigenvalue weighted by molar-refractivity contribution is 5.93. The van der Waals surface area contributed by atoms with Crippen LogP contribution in [0.4, 0.5) is 0 Å². The van der Waals surface area contributed by atoms with Gasteiger partial charge in [0.1, 0.15) is 0 Å². The van der Waals surface area contributed by atoms with Crippen LogP contribution >= 0.6 is 0 Å². The summed E-state index contributed by atoms with van der Waals surface area (Å²) in [5, 5.41) is 0. The molecule has 1 fully saturated rings. The molecule has 0 bridgehead atoms. The van der Waals surface area contributed by atoms with E-state index in [2.05, 4.69) is 121 Å². The van der Waals surface area contributed by atoms with E-state index in [0.717, 1.165) is 12.8 Å². The summed E-state index contributed by atoms with van der Waals surface area (Å²) in [6.07, 6.45) is 2.22. The summed E-state index contributed by atoms with van der Waals surface area (Å²) < 4.78 is 0. The van der Waals surface area contributed by atoms with Gasteiger partial charge in [-0.25, -0.2) is 0 Å². The lowest BCUT2D eigenvalue weighted by molar-refractivity contribution is 0.830. The van der Waals surface area contributed by atoms with Crippen molar-refractivity contribution in [3.8, 4) is 0 Å². The van der Waals surface area contributed by atoms with E-state index in [9.17, 15) is 0 Å². The first-order valence-corrected chi connectivity index (χ1v) is 10.6. The molecule has 1 aliphatic carbocycles. The van der Waals surface area contributed by atoms with Crippen LogP contribution < -0.4 is 0 Å². The van der Waals surface area contributed by atoms with Crippen molar-refractivity contribution in [2.24, 2.45) is 0 Å². The van der Waals surface area contributed by atoms with E-state index in [0.29, 0.717) is 0 Å². The Bertz CT molecular complexity index is 1000. The molecule has 0 spiro atoms. The van der Waals surface area contributed by atoms with Gasteiger partial charge in [0.15, 0.2) is 0 Å². The Labute approximate surface area is 178 Å². The lowest BCUT2D eigenvalue weighted by atomic mass is 9.73. The normalized spacial score (nSPS) is 12.9. The maximum atomic E-state index is 2.23. The van der Waals surface area contributed by atoms with E-state index in [-0.39, 0.29) is 0 Å². The molecule has 0 heterocycles. The van der Waals surface area contributed by atoms with Crippen LogP contribution in [0, 0.1) is 0 Å². The number of hydrogen-bond acceptors (Lipinski definition) is 0. The van der Waals surface area contributed by atoms with Crippen molar-refractivity contribution >= 4 is 11.1 Å². The van der Waals surface area contributed by atoms with Crippen molar-refractivity contribution < 1.29 is 0 Å². The highest BCUT2D eigenvalue weighted by Crippen LogP contribution is 2.46. The lowest BCUT2D eigenvalue weighted by Gasteiger charge is -2.30. The van der Waals surface area contributed by atoms with E-state index in [1.165, 1.54) is 44.5 Å². The Kier molecular flexibility index (Phi) is 5.14. The average Bonchev–Trinajstić information content (AvgIpc) is 2.82. The molecular weight excluding hydrogens is 360 g/mol. The van der Waals surface area contributed by atoms with Crippen molar-refractivity contribution in [3.63, 3.8) is 0 Å². The smallest absolute Gasteiger partial charge is 0.00762 e. The summed E-state index contributed by atoms with van der Waals surface area (Å²) in [4.78, 5) is 0. The molecule has 0 nitrogen and oxygen atoms in total. The maximum absolute atomic E-state index is 2.23. The Morgan fingerprint density at radius 2 is 0.567 bits per heavy atom. The maximum Gasteiger partial charge on any atom is -0.00762 e. The van der Waals surface area contributed by atoms with E-state index < -0.39 is 0 Å². The predicted octanol–water partition coefficient (Wildman–Crippen LogP) is 7.78. The molecule has 0 unspecified atom stereocenters. The first-order chi connectivity index (χ1) is 14.9. The van der Waals surface area contributed by atoms with Gasteiger partial charge in [-0.05, 0) is 57.4 Å². The SMILES string of the molecule is c1ccc(C(=C2CCC2=C(c2ccccc2)c2ccccc2)c2ccccc2)cc1. The third-order valence-corrected chi connectivity index (χ3v) is 5.84. The summed E-state index contributed by atoms with van der Waals surface area (Å²) in [6.45, 7) is 0. The molecule has 0 saturated heterocycles. The first-order valence-electron chi connectivity index (χ1n) is 10.6. The Balaban J connectivity index is 1.78. The Morgan fingerprint density at radius 1 is 0.333 bits per heavy atom. The van der Waals surface area contributed by atoms with Crippen LogP contribution in [0.25, 0.3) is 11.1 Å². The third-order valence-electron chi connectivity index (χ3n) is 5.84. The molecule has 4 aromatic carbocycles. The standard InChI is InChI=1S/C30H24/c1-5-13-23(14-6-1)29(24-15-7-2-8-16-24)27-21-22-28(27)30(25-17-9-3-10-18-25)26-19-11-4-12-20-26/h1-20H,21-22H2. The zero-order chi connectivity index (χ0) is 20.2. The Morgan fingerprint density at radius 3 is 0.767 bits per heavy atom. The van der Waals surface area contributed by atoms with Crippen LogP contribution in [-0.4, -0.2) is 0 Å². The Hall–Kier alpha value is -3.64. The minimum Gasteiger partial charge on any atom is -0.0622 e. The fraction of sp³-hybridized carbons (Fsp3) is 0.0667. The van der Waals surface area contributed by atoms with Gasteiger partial charge < -0.3 is 0 Å². The summed E-state index contributed by atoms with van der Waals surface area (Å²) >= 11 is 0. The van der Waals surface area contributed by atoms with Gasteiger partial charge >= 0.3 is 0 Å². The minimum atomic E-state index is 1.11. The zero-order valence-electron chi connectivity index (χ0n) is 17.0. The minimum absolute atomic E-state index is 1.11. The summed E-state index contributed by atoms with van der Waals surface area (Å²) in [7, 11) is 0. The molecule has 0 heteroatoms. The van der Waals surface area contributed by atoms with Crippen LogP contribution in [0.15, 0.2) is 132 Å². The third kappa shape index (κ3) is 3.53. The van der Waals surface area contributed by atoms with Gasteiger partial charge in [-0.1, -0.05) is 121 Å². The largest absolute Gasteiger partial charge is 0.0622 e. The molecule has 1 aliphatic rings. The van der Waals surface area contributed by atoms with E-state index in [1.807, 2.05) is 0 Å². The van der Waals surface area contributed by atoms with Crippen LogP contribution in [0.1, 0.15) is 35.1 Å². The van der Waals surface area contributed by atoms with Crippen LogP contribution in [0.3, 0.4) is 0 Å². The monoisotopic (exact) mass is 384 g/mol. The molecule has 0 amide bonds. The summed E-state index contributed by atoms with van der Waals surface area (Å²) in [6, 6.07) is 43.3. The summed E-state index contributed by atoms with van der Waals surface area (Å²) in [5.74, 6) is 0. The molecule has 0 aromatic heterocycles. The van der Waals surface area contributed by atoms with E-state index in [4.69, 9.17) is 0 Å². The molecule has 0 atom stereocenters. The molecule has 0 radical (unpaired) electrons. The highest BCUT2D eigenvalue weighted by Gasteiger charge is 2.27. The zero-order valence-corrected chi connectivity index (χ0v) is 17.0. The van der Waals surface area contributed by atoms with Crippen molar-refractivity contribution in [2.45, 2.75) is 12.8 Å². The number of rotatable bonds is 4. The van der Waals surface area contributed by atoms with Gasteiger partial charge in [-0.3, -0.25) is 0 Å². The number of benzene rings is 4. The van der Waals surface area contributed by atoms with Gasteiger partial charge in [-0.15, -0.1) is 0 Å². The lowest BCUT2D eigenvalue weighted by Crippen LogP contribution is -2.11. The topological polar surface area (TPSA) is 0 Å². The fourth-order valence-electron chi connectivity index (χ4n) is 4.38. The van der Waals surface area contributed by atoms with Crippen LogP contribution in [0.5, 0.6) is 0 Å². The second-order valence-corrected chi connectivity index (χ2v) is 7.67. The molecule has 0 aliphatic heterocycles. The quantitative estimate of drug-likeness (QED) is 0.337. The number of hydrogen-bond donors (Lipinski definition) is 0.